The first-order valence-electron chi connectivity index (χ1n) is 4.98. The molecule has 0 fully saturated rings. The zero-order valence-corrected chi connectivity index (χ0v) is 10.6. The van der Waals surface area contributed by atoms with Crippen LogP contribution in [-0.4, -0.2) is 6.29 Å². The molecule has 0 aliphatic carbocycles. The van der Waals surface area contributed by atoms with Gasteiger partial charge in [-0.3, -0.25) is 4.79 Å². The first kappa shape index (κ1) is 11.9. The monoisotopic (exact) mass is 259 g/mol. The van der Waals surface area contributed by atoms with Gasteiger partial charge in [-0.05, 0) is 29.1 Å². The molecule has 4 heteroatoms. The second-order valence-electron chi connectivity index (χ2n) is 3.36. The Morgan fingerprint density at radius 2 is 2.06 bits per heavy atom. The smallest absolute Gasteiger partial charge is 0.161 e. The zero-order valence-electron chi connectivity index (χ0n) is 8.92. The van der Waals surface area contributed by atoms with E-state index in [2.05, 4.69) is 6.07 Å². The molecule has 0 amide bonds. The fourth-order valence-electron chi connectivity index (χ4n) is 1.35. The van der Waals surface area contributed by atoms with Gasteiger partial charge in [0, 0.05) is 10.6 Å². The molecule has 0 saturated carbocycles. The average Bonchev–Trinajstić information content (AvgIpc) is 2.84. The molecule has 0 spiro atoms. The van der Waals surface area contributed by atoms with Gasteiger partial charge in [-0.2, -0.15) is 5.26 Å². The van der Waals surface area contributed by atoms with E-state index in [1.165, 1.54) is 11.3 Å². The second-order valence-corrected chi connectivity index (χ2v) is 5.33. The Hall–Kier alpha value is -1.57. The summed E-state index contributed by atoms with van der Waals surface area (Å²) in [6, 6.07) is 11.6. The highest BCUT2D eigenvalue weighted by molar-refractivity contribution is 7.98. The summed E-state index contributed by atoms with van der Waals surface area (Å²) in [6.45, 7) is 0. The van der Waals surface area contributed by atoms with Gasteiger partial charge in [0.25, 0.3) is 0 Å². The van der Waals surface area contributed by atoms with Crippen LogP contribution < -0.4 is 0 Å². The standard InChI is InChI=1S/C13H9NOS2/c14-7-10-1-3-11(4-2-10)9-17-12-5-6-16-13(12)8-15/h1-6,8H,9H2. The lowest BCUT2D eigenvalue weighted by atomic mass is 10.2. The molecule has 0 aliphatic heterocycles. The molecule has 84 valence electrons. The second kappa shape index (κ2) is 5.67. The van der Waals surface area contributed by atoms with Crippen LogP contribution in [0.25, 0.3) is 0 Å². The number of thioether (sulfide) groups is 1. The van der Waals surface area contributed by atoms with E-state index in [0.717, 1.165) is 27.4 Å². The molecule has 1 aromatic heterocycles. The molecule has 0 unspecified atom stereocenters. The maximum atomic E-state index is 10.7. The summed E-state index contributed by atoms with van der Waals surface area (Å²) in [6.07, 6.45) is 0.895. The Bertz CT molecular complexity index is 552. The molecule has 0 radical (unpaired) electrons. The average molecular weight is 259 g/mol. The van der Waals surface area contributed by atoms with Crippen molar-refractivity contribution >= 4 is 29.4 Å². The van der Waals surface area contributed by atoms with Gasteiger partial charge < -0.3 is 0 Å². The molecular weight excluding hydrogens is 250 g/mol. The molecule has 0 aliphatic rings. The van der Waals surface area contributed by atoms with Gasteiger partial charge in [0.05, 0.1) is 16.5 Å². The number of carbonyl (C=O) groups is 1. The molecule has 0 atom stereocenters. The molecule has 17 heavy (non-hydrogen) atoms. The van der Waals surface area contributed by atoms with Crippen molar-refractivity contribution < 1.29 is 4.79 Å². The van der Waals surface area contributed by atoms with Crippen LogP contribution in [-0.2, 0) is 5.75 Å². The van der Waals surface area contributed by atoms with Crippen molar-refractivity contribution in [3.8, 4) is 6.07 Å². The molecule has 2 aromatic rings. The summed E-state index contributed by atoms with van der Waals surface area (Å²) in [7, 11) is 0. The van der Waals surface area contributed by atoms with E-state index in [0.29, 0.717) is 5.56 Å². The van der Waals surface area contributed by atoms with Crippen LogP contribution in [0.1, 0.15) is 20.8 Å². The van der Waals surface area contributed by atoms with Crippen LogP contribution in [0.15, 0.2) is 40.6 Å². The lowest BCUT2D eigenvalue weighted by molar-refractivity contribution is 0.112. The molecular formula is C13H9NOS2. The highest BCUT2D eigenvalue weighted by Gasteiger charge is 2.04. The van der Waals surface area contributed by atoms with Crippen LogP contribution in [0.3, 0.4) is 0 Å². The molecule has 1 heterocycles. The van der Waals surface area contributed by atoms with E-state index in [4.69, 9.17) is 5.26 Å². The minimum Gasteiger partial charge on any atom is -0.297 e. The van der Waals surface area contributed by atoms with Gasteiger partial charge in [-0.15, -0.1) is 23.1 Å². The number of thiophene rings is 1. The van der Waals surface area contributed by atoms with Crippen LogP contribution >= 0.6 is 23.1 Å². The highest BCUT2D eigenvalue weighted by atomic mass is 32.2. The van der Waals surface area contributed by atoms with Crippen LogP contribution in [0.5, 0.6) is 0 Å². The topological polar surface area (TPSA) is 40.9 Å². The Labute approximate surface area is 108 Å². The number of hydrogen-bond acceptors (Lipinski definition) is 4. The number of nitrogens with zero attached hydrogens (tertiary/aromatic N) is 1. The minimum absolute atomic E-state index is 0.669. The van der Waals surface area contributed by atoms with E-state index in [1.54, 1.807) is 11.8 Å². The van der Waals surface area contributed by atoms with Crippen molar-refractivity contribution in [1.29, 1.82) is 5.26 Å². The number of carbonyl (C=O) groups excluding carboxylic acids is 1. The van der Waals surface area contributed by atoms with E-state index >= 15 is 0 Å². The highest BCUT2D eigenvalue weighted by Crippen LogP contribution is 2.28. The molecule has 0 saturated heterocycles. The quantitative estimate of drug-likeness (QED) is 0.620. The Balaban J connectivity index is 2.02. The summed E-state index contributed by atoms with van der Waals surface area (Å²) in [5.41, 5.74) is 1.82. The maximum absolute atomic E-state index is 10.7. The number of benzene rings is 1. The van der Waals surface area contributed by atoms with Crippen LogP contribution in [0.2, 0.25) is 0 Å². The van der Waals surface area contributed by atoms with E-state index in [1.807, 2.05) is 35.7 Å². The Morgan fingerprint density at radius 3 is 2.71 bits per heavy atom. The zero-order chi connectivity index (χ0) is 12.1. The van der Waals surface area contributed by atoms with E-state index < -0.39 is 0 Å². The van der Waals surface area contributed by atoms with Crippen molar-refractivity contribution in [1.82, 2.24) is 0 Å². The third-order valence-corrected chi connectivity index (χ3v) is 4.36. The van der Waals surface area contributed by atoms with Gasteiger partial charge in [-0.25, -0.2) is 0 Å². The van der Waals surface area contributed by atoms with Gasteiger partial charge in [0.15, 0.2) is 6.29 Å². The minimum atomic E-state index is 0.669. The molecule has 2 nitrogen and oxygen atoms in total. The summed E-state index contributed by atoms with van der Waals surface area (Å²) >= 11 is 3.10. The first-order chi connectivity index (χ1) is 8.33. The van der Waals surface area contributed by atoms with Gasteiger partial charge >= 0.3 is 0 Å². The fourth-order valence-corrected chi connectivity index (χ4v) is 3.22. The molecule has 2 rings (SSSR count). The van der Waals surface area contributed by atoms with Gasteiger partial charge in [-0.1, -0.05) is 12.1 Å². The van der Waals surface area contributed by atoms with Crippen LogP contribution in [0, 0.1) is 11.3 Å². The summed E-state index contributed by atoms with van der Waals surface area (Å²) in [5.74, 6) is 0.809. The summed E-state index contributed by atoms with van der Waals surface area (Å²) < 4.78 is 0. The largest absolute Gasteiger partial charge is 0.297 e. The molecule has 1 aromatic carbocycles. The van der Waals surface area contributed by atoms with Crippen molar-refractivity contribution in [2.45, 2.75) is 10.6 Å². The van der Waals surface area contributed by atoms with Crippen molar-refractivity contribution in [3.05, 3.63) is 51.7 Å². The van der Waals surface area contributed by atoms with Crippen molar-refractivity contribution in [2.75, 3.05) is 0 Å². The number of hydrogen-bond donors (Lipinski definition) is 0. The van der Waals surface area contributed by atoms with Crippen molar-refractivity contribution in [2.24, 2.45) is 0 Å². The molecule has 0 N–H and O–H groups in total. The number of nitriles is 1. The predicted molar refractivity (Wildman–Crippen MR) is 70.4 cm³/mol. The SMILES string of the molecule is N#Cc1ccc(CSc2ccsc2C=O)cc1. The van der Waals surface area contributed by atoms with Crippen LogP contribution in [0.4, 0.5) is 0 Å². The summed E-state index contributed by atoms with van der Waals surface area (Å²) in [4.78, 5) is 12.5. The summed E-state index contributed by atoms with van der Waals surface area (Å²) in [5, 5.41) is 10.6. The Kier molecular flexibility index (Phi) is 3.97. The van der Waals surface area contributed by atoms with Gasteiger partial charge in [0.2, 0.25) is 0 Å². The Morgan fingerprint density at radius 1 is 1.29 bits per heavy atom. The molecule has 0 bridgehead atoms. The maximum Gasteiger partial charge on any atom is 0.161 e. The predicted octanol–water partition coefficient (Wildman–Crippen LogP) is 3.72. The van der Waals surface area contributed by atoms with E-state index in [-0.39, 0.29) is 0 Å². The number of rotatable bonds is 4. The van der Waals surface area contributed by atoms with Crippen molar-refractivity contribution in [3.63, 3.8) is 0 Å². The lowest BCUT2D eigenvalue weighted by Gasteiger charge is -2.00. The van der Waals surface area contributed by atoms with E-state index in [9.17, 15) is 4.79 Å². The number of aldehydes is 1. The third kappa shape index (κ3) is 2.96. The normalized spacial score (nSPS) is 9.82. The fraction of sp³-hybridized carbons (Fsp3) is 0.0769. The first-order valence-corrected chi connectivity index (χ1v) is 6.84. The lowest BCUT2D eigenvalue weighted by Crippen LogP contribution is -1.82. The third-order valence-electron chi connectivity index (χ3n) is 2.24. The van der Waals surface area contributed by atoms with Gasteiger partial charge in [0.1, 0.15) is 0 Å².